The molecule has 0 fully saturated rings. The highest BCUT2D eigenvalue weighted by Crippen LogP contribution is 2.35. The van der Waals surface area contributed by atoms with Gasteiger partial charge in [0, 0.05) is 42.4 Å². The minimum Gasteiger partial charge on any atom is -0.370 e. The van der Waals surface area contributed by atoms with Crippen molar-refractivity contribution < 1.29 is 4.79 Å². The Labute approximate surface area is 188 Å². The van der Waals surface area contributed by atoms with Crippen LogP contribution in [0.1, 0.15) is 45.6 Å². The fraction of sp³-hybridized carbons (Fsp3) is 0.214. The first-order chi connectivity index (χ1) is 15.8. The van der Waals surface area contributed by atoms with E-state index in [0.29, 0.717) is 6.42 Å². The van der Waals surface area contributed by atoms with E-state index in [1.165, 1.54) is 11.1 Å². The van der Waals surface area contributed by atoms with Crippen LogP contribution in [0.5, 0.6) is 0 Å². The smallest absolute Gasteiger partial charge is 0.165 e. The summed E-state index contributed by atoms with van der Waals surface area (Å²) in [5, 5.41) is 3.45. The van der Waals surface area contributed by atoms with Gasteiger partial charge in [0.05, 0.1) is 5.69 Å². The van der Waals surface area contributed by atoms with Crippen LogP contribution in [0.15, 0.2) is 79.0 Å². The number of aromatic nitrogens is 2. The maximum absolute atomic E-state index is 12.8. The number of anilines is 1. The summed E-state index contributed by atoms with van der Waals surface area (Å²) < 4.78 is 0. The molecule has 2 aromatic carbocycles. The molecule has 0 amide bonds. The first-order valence-corrected chi connectivity index (χ1v) is 11.3. The summed E-state index contributed by atoms with van der Waals surface area (Å²) in [6.45, 7) is 0.817. The van der Waals surface area contributed by atoms with Crippen LogP contribution in [0.25, 0.3) is 11.3 Å². The number of carbonyl (C=O) groups excluding carboxylic acids is 1. The largest absolute Gasteiger partial charge is 0.370 e. The van der Waals surface area contributed by atoms with Gasteiger partial charge in [0.2, 0.25) is 0 Å². The molecule has 2 aromatic heterocycles. The summed E-state index contributed by atoms with van der Waals surface area (Å²) in [6, 6.07) is 24.9. The second-order valence-corrected chi connectivity index (χ2v) is 8.36. The van der Waals surface area contributed by atoms with Gasteiger partial charge in [-0.25, -0.2) is 4.98 Å². The lowest BCUT2D eigenvalue weighted by Gasteiger charge is -2.12. The average molecular weight is 422 g/mol. The predicted molar refractivity (Wildman–Crippen MR) is 129 cm³/mol. The Balaban J connectivity index is 1.44. The van der Waals surface area contributed by atoms with Gasteiger partial charge in [0.1, 0.15) is 5.82 Å². The normalized spacial score (nSPS) is 13.1. The molecule has 0 radical (unpaired) electrons. The number of ketones is 1. The van der Waals surface area contributed by atoms with E-state index in [1.54, 1.807) is 0 Å². The van der Waals surface area contributed by atoms with Crippen LogP contribution >= 0.6 is 0 Å². The van der Waals surface area contributed by atoms with E-state index in [-0.39, 0.29) is 5.78 Å². The van der Waals surface area contributed by atoms with Crippen molar-refractivity contribution in [1.82, 2.24) is 9.97 Å². The van der Waals surface area contributed by atoms with Crippen LogP contribution in [0.4, 0.5) is 5.82 Å². The van der Waals surface area contributed by atoms with Crippen LogP contribution in [-0.4, -0.2) is 22.3 Å². The SMILES string of the molecule is O=C1CCCc2[nH]c(-c3ccnc(NCCc4ccccc4)c3)c(Cc3ccccc3)c21. The Bertz CT molecular complexity index is 1210. The van der Waals surface area contributed by atoms with Gasteiger partial charge in [-0.05, 0) is 48.1 Å². The number of carbonyl (C=O) groups is 1. The summed E-state index contributed by atoms with van der Waals surface area (Å²) in [7, 11) is 0. The molecule has 0 unspecified atom stereocenters. The highest BCUT2D eigenvalue weighted by atomic mass is 16.1. The third-order valence-electron chi connectivity index (χ3n) is 6.13. The number of pyridine rings is 1. The monoisotopic (exact) mass is 421 g/mol. The van der Waals surface area contributed by atoms with Crippen LogP contribution in [0.3, 0.4) is 0 Å². The zero-order valence-electron chi connectivity index (χ0n) is 18.1. The van der Waals surface area contributed by atoms with Gasteiger partial charge in [0.15, 0.2) is 5.78 Å². The molecule has 1 aliphatic carbocycles. The van der Waals surface area contributed by atoms with Crippen molar-refractivity contribution in [3.8, 4) is 11.3 Å². The Morgan fingerprint density at radius 3 is 2.44 bits per heavy atom. The van der Waals surface area contributed by atoms with Crippen LogP contribution < -0.4 is 5.32 Å². The highest BCUT2D eigenvalue weighted by molar-refractivity contribution is 6.01. The van der Waals surface area contributed by atoms with Crippen LogP contribution in [0.2, 0.25) is 0 Å². The van der Waals surface area contributed by atoms with Gasteiger partial charge < -0.3 is 10.3 Å². The van der Waals surface area contributed by atoms with Crippen molar-refractivity contribution >= 4 is 11.6 Å². The zero-order valence-corrected chi connectivity index (χ0v) is 18.1. The molecule has 4 heteroatoms. The fourth-order valence-corrected chi connectivity index (χ4v) is 4.56. The van der Waals surface area contributed by atoms with Crippen molar-refractivity contribution in [2.75, 3.05) is 11.9 Å². The van der Waals surface area contributed by atoms with E-state index >= 15 is 0 Å². The van der Waals surface area contributed by atoms with Gasteiger partial charge in [0.25, 0.3) is 0 Å². The van der Waals surface area contributed by atoms with E-state index in [0.717, 1.165) is 66.1 Å². The Kier molecular flexibility index (Phi) is 5.84. The molecule has 160 valence electrons. The molecule has 2 heterocycles. The quantitative estimate of drug-likeness (QED) is 0.394. The van der Waals surface area contributed by atoms with Gasteiger partial charge in [-0.15, -0.1) is 0 Å². The molecule has 4 nitrogen and oxygen atoms in total. The number of nitrogens with zero attached hydrogens (tertiary/aromatic N) is 1. The second kappa shape index (κ2) is 9.23. The van der Waals surface area contributed by atoms with Crippen molar-refractivity contribution in [2.24, 2.45) is 0 Å². The van der Waals surface area contributed by atoms with Gasteiger partial charge in [-0.1, -0.05) is 60.7 Å². The number of hydrogen-bond acceptors (Lipinski definition) is 3. The molecule has 4 aromatic rings. The topological polar surface area (TPSA) is 57.8 Å². The molecule has 2 N–H and O–H groups in total. The summed E-state index contributed by atoms with van der Waals surface area (Å²) in [6.07, 6.45) is 6.00. The number of H-pyrrole nitrogens is 1. The van der Waals surface area contributed by atoms with Gasteiger partial charge in [-0.3, -0.25) is 4.79 Å². The van der Waals surface area contributed by atoms with Crippen molar-refractivity contribution in [1.29, 1.82) is 0 Å². The molecule has 0 aliphatic heterocycles. The Morgan fingerprint density at radius 1 is 0.906 bits per heavy atom. The lowest BCUT2D eigenvalue weighted by Crippen LogP contribution is -2.11. The van der Waals surface area contributed by atoms with Gasteiger partial charge in [-0.2, -0.15) is 0 Å². The maximum Gasteiger partial charge on any atom is 0.165 e. The summed E-state index contributed by atoms with van der Waals surface area (Å²) in [5.74, 6) is 1.11. The van der Waals surface area contributed by atoms with E-state index in [9.17, 15) is 4.79 Å². The molecule has 5 rings (SSSR count). The van der Waals surface area contributed by atoms with Crippen molar-refractivity contribution in [2.45, 2.75) is 32.1 Å². The third-order valence-corrected chi connectivity index (χ3v) is 6.13. The summed E-state index contributed by atoms with van der Waals surface area (Å²) >= 11 is 0. The molecule has 0 saturated heterocycles. The highest BCUT2D eigenvalue weighted by Gasteiger charge is 2.26. The molecule has 32 heavy (non-hydrogen) atoms. The summed E-state index contributed by atoms with van der Waals surface area (Å²) in [5.41, 5.74) is 7.72. The fourth-order valence-electron chi connectivity index (χ4n) is 4.56. The molecule has 0 atom stereocenters. The zero-order chi connectivity index (χ0) is 21.8. The number of fused-ring (bicyclic) bond motifs is 1. The number of rotatable bonds is 7. The predicted octanol–water partition coefficient (Wildman–Crippen LogP) is 5.84. The molecule has 0 bridgehead atoms. The summed E-state index contributed by atoms with van der Waals surface area (Å²) in [4.78, 5) is 21.0. The van der Waals surface area contributed by atoms with Crippen LogP contribution in [-0.2, 0) is 19.3 Å². The third kappa shape index (κ3) is 4.35. The number of nitrogens with one attached hydrogen (secondary N) is 2. The minimum atomic E-state index is 0.259. The number of benzene rings is 2. The molecular weight excluding hydrogens is 394 g/mol. The number of Topliss-reactive ketones (excluding diaryl/α,β-unsaturated/α-hetero) is 1. The lowest BCUT2D eigenvalue weighted by atomic mass is 9.90. The van der Waals surface area contributed by atoms with Gasteiger partial charge >= 0.3 is 0 Å². The Morgan fingerprint density at radius 2 is 1.66 bits per heavy atom. The molecular formula is C28H27N3O. The van der Waals surface area contributed by atoms with E-state index in [2.05, 4.69) is 69.9 Å². The first-order valence-electron chi connectivity index (χ1n) is 11.3. The van der Waals surface area contributed by atoms with Crippen molar-refractivity contribution in [3.05, 3.63) is 107 Å². The molecule has 0 spiro atoms. The standard InChI is InChI=1S/C28H27N3O/c32-25-13-7-12-24-27(25)23(18-21-10-5-2-6-11-21)28(31-24)22-15-17-30-26(19-22)29-16-14-20-8-3-1-4-9-20/h1-6,8-11,15,17,19,31H,7,12-14,16,18H2,(H,29,30). The minimum absolute atomic E-state index is 0.259. The van der Waals surface area contributed by atoms with Crippen molar-refractivity contribution in [3.63, 3.8) is 0 Å². The number of aryl methyl sites for hydroxylation is 1. The number of aromatic amines is 1. The van der Waals surface area contributed by atoms with E-state index in [1.807, 2.05) is 24.4 Å². The second-order valence-electron chi connectivity index (χ2n) is 8.36. The van der Waals surface area contributed by atoms with Crippen LogP contribution in [0, 0.1) is 0 Å². The van der Waals surface area contributed by atoms with E-state index < -0.39 is 0 Å². The lowest BCUT2D eigenvalue weighted by molar-refractivity contribution is 0.0971. The first kappa shape index (κ1) is 20.3. The van der Waals surface area contributed by atoms with E-state index in [4.69, 9.17) is 0 Å². The number of hydrogen-bond donors (Lipinski definition) is 2. The average Bonchev–Trinajstić information content (AvgIpc) is 3.20. The molecule has 1 aliphatic rings. The maximum atomic E-state index is 12.8. The molecule has 0 saturated carbocycles. The Hall–Kier alpha value is -3.66.